The van der Waals surface area contributed by atoms with E-state index in [1.165, 1.54) is 12.4 Å². The van der Waals surface area contributed by atoms with Crippen LogP contribution in [-0.2, 0) is 23.6 Å². The van der Waals surface area contributed by atoms with Gasteiger partial charge in [-0.3, -0.25) is 14.1 Å². The van der Waals surface area contributed by atoms with Gasteiger partial charge in [-0.1, -0.05) is 0 Å². The first-order valence-electron chi connectivity index (χ1n) is 6.12. The summed E-state index contributed by atoms with van der Waals surface area (Å²) in [4.78, 5) is 0.136. The predicted molar refractivity (Wildman–Crippen MR) is 74.9 cm³/mol. The Morgan fingerprint density at radius 3 is 2.70 bits per heavy atom. The fourth-order valence-corrected chi connectivity index (χ4v) is 2.79. The number of hydrogen-bond donors (Lipinski definition) is 2. The van der Waals surface area contributed by atoms with E-state index in [1.807, 2.05) is 7.05 Å². The van der Waals surface area contributed by atoms with Gasteiger partial charge in [-0.2, -0.15) is 10.2 Å². The lowest BCUT2D eigenvalue weighted by Gasteiger charge is -2.04. The second kappa shape index (κ2) is 5.63. The minimum atomic E-state index is -3.63. The summed E-state index contributed by atoms with van der Waals surface area (Å²) in [5.41, 5.74) is 1.09. The number of nitrogens with zero attached hydrogens (tertiary/aromatic N) is 4. The van der Waals surface area contributed by atoms with Crippen molar-refractivity contribution in [2.75, 3.05) is 18.3 Å². The van der Waals surface area contributed by atoms with Gasteiger partial charge in [-0.25, -0.2) is 8.42 Å². The second-order valence-corrected chi connectivity index (χ2v) is 6.13. The normalized spacial score (nSPS) is 11.8. The molecular formula is C11H18N6O2S. The van der Waals surface area contributed by atoms with Crippen LogP contribution in [0.25, 0.3) is 0 Å². The van der Waals surface area contributed by atoms with Gasteiger partial charge in [0.25, 0.3) is 10.0 Å². The number of aryl methyl sites for hydroxylation is 2. The first kappa shape index (κ1) is 14.5. The minimum absolute atomic E-state index is 0.136. The van der Waals surface area contributed by atoms with Gasteiger partial charge in [-0.15, -0.1) is 0 Å². The SMILES string of the molecule is CNCCn1cc(S(=O)(=O)Nc2cn(C)nc2C)cn1. The van der Waals surface area contributed by atoms with E-state index >= 15 is 0 Å². The molecule has 0 radical (unpaired) electrons. The lowest BCUT2D eigenvalue weighted by Crippen LogP contribution is -2.15. The zero-order chi connectivity index (χ0) is 14.8. The van der Waals surface area contributed by atoms with Crippen molar-refractivity contribution >= 4 is 15.7 Å². The van der Waals surface area contributed by atoms with Crippen LogP contribution in [-0.4, -0.2) is 41.6 Å². The van der Waals surface area contributed by atoms with E-state index in [2.05, 4.69) is 20.2 Å². The Morgan fingerprint density at radius 1 is 1.35 bits per heavy atom. The van der Waals surface area contributed by atoms with Gasteiger partial charge < -0.3 is 5.32 Å². The molecule has 2 rings (SSSR count). The van der Waals surface area contributed by atoms with Crippen molar-refractivity contribution in [1.82, 2.24) is 24.9 Å². The third-order valence-electron chi connectivity index (χ3n) is 2.77. The molecule has 0 aliphatic heterocycles. The molecular weight excluding hydrogens is 280 g/mol. The van der Waals surface area contributed by atoms with Gasteiger partial charge in [0, 0.05) is 26.0 Å². The highest BCUT2D eigenvalue weighted by molar-refractivity contribution is 7.92. The highest BCUT2D eigenvalue weighted by Crippen LogP contribution is 2.17. The number of nitrogens with one attached hydrogen (secondary N) is 2. The van der Waals surface area contributed by atoms with Crippen molar-refractivity contribution in [3.8, 4) is 0 Å². The molecule has 8 nitrogen and oxygen atoms in total. The summed E-state index contributed by atoms with van der Waals surface area (Å²) in [6.07, 6.45) is 4.47. The molecule has 0 amide bonds. The van der Waals surface area contributed by atoms with E-state index in [0.717, 1.165) is 6.54 Å². The summed E-state index contributed by atoms with van der Waals surface area (Å²) in [5.74, 6) is 0. The average molecular weight is 298 g/mol. The maximum absolute atomic E-state index is 12.2. The maximum Gasteiger partial charge on any atom is 0.265 e. The lowest BCUT2D eigenvalue weighted by atomic mass is 10.4. The molecule has 2 N–H and O–H groups in total. The smallest absolute Gasteiger partial charge is 0.265 e. The topological polar surface area (TPSA) is 93.8 Å². The van der Waals surface area contributed by atoms with Crippen LogP contribution in [0.5, 0.6) is 0 Å². The largest absolute Gasteiger partial charge is 0.318 e. The summed E-state index contributed by atoms with van der Waals surface area (Å²) in [6, 6.07) is 0. The summed E-state index contributed by atoms with van der Waals surface area (Å²) in [5, 5.41) is 11.1. The molecule has 110 valence electrons. The summed E-state index contributed by atoms with van der Waals surface area (Å²) >= 11 is 0. The average Bonchev–Trinajstić information content (AvgIpc) is 2.94. The van der Waals surface area contributed by atoms with E-state index < -0.39 is 10.0 Å². The molecule has 0 saturated heterocycles. The third kappa shape index (κ3) is 3.17. The summed E-state index contributed by atoms with van der Waals surface area (Å²) in [7, 11) is -0.0698. The van der Waals surface area contributed by atoms with Crippen LogP contribution >= 0.6 is 0 Å². The van der Waals surface area contributed by atoms with Crippen LogP contribution in [0.4, 0.5) is 5.69 Å². The van der Waals surface area contributed by atoms with Gasteiger partial charge in [0.15, 0.2) is 0 Å². The fourth-order valence-electron chi connectivity index (χ4n) is 1.74. The van der Waals surface area contributed by atoms with Crippen LogP contribution in [0, 0.1) is 6.92 Å². The Hall–Kier alpha value is -1.87. The van der Waals surface area contributed by atoms with E-state index in [1.54, 1.807) is 29.5 Å². The molecule has 0 fully saturated rings. The number of rotatable bonds is 6. The molecule has 2 aromatic heterocycles. The maximum atomic E-state index is 12.2. The highest BCUT2D eigenvalue weighted by Gasteiger charge is 2.18. The van der Waals surface area contributed by atoms with Gasteiger partial charge in [0.2, 0.25) is 0 Å². The molecule has 0 saturated carbocycles. The van der Waals surface area contributed by atoms with Gasteiger partial charge >= 0.3 is 0 Å². The van der Waals surface area contributed by atoms with Crippen LogP contribution in [0.2, 0.25) is 0 Å². The Bertz CT molecular complexity index is 688. The molecule has 0 aliphatic carbocycles. The van der Waals surface area contributed by atoms with Crippen molar-refractivity contribution in [1.29, 1.82) is 0 Å². The van der Waals surface area contributed by atoms with Crippen molar-refractivity contribution in [3.05, 3.63) is 24.3 Å². The van der Waals surface area contributed by atoms with E-state index in [9.17, 15) is 8.42 Å². The van der Waals surface area contributed by atoms with Crippen LogP contribution in [0.3, 0.4) is 0 Å². The Kier molecular flexibility index (Phi) is 4.09. The molecule has 2 aromatic rings. The first-order valence-corrected chi connectivity index (χ1v) is 7.61. The van der Waals surface area contributed by atoms with Crippen molar-refractivity contribution in [2.45, 2.75) is 18.4 Å². The molecule has 0 spiro atoms. The predicted octanol–water partition coefficient (Wildman–Crippen LogP) is -0.0548. The fraction of sp³-hybridized carbons (Fsp3) is 0.455. The molecule has 2 heterocycles. The molecule has 0 bridgehead atoms. The van der Waals surface area contributed by atoms with Gasteiger partial charge in [0.1, 0.15) is 4.90 Å². The Balaban J connectivity index is 2.18. The molecule has 20 heavy (non-hydrogen) atoms. The van der Waals surface area contributed by atoms with Crippen LogP contribution in [0.15, 0.2) is 23.5 Å². The van der Waals surface area contributed by atoms with Gasteiger partial charge in [0.05, 0.1) is 24.1 Å². The molecule has 0 unspecified atom stereocenters. The highest BCUT2D eigenvalue weighted by atomic mass is 32.2. The number of anilines is 1. The minimum Gasteiger partial charge on any atom is -0.318 e. The van der Waals surface area contributed by atoms with E-state index in [0.29, 0.717) is 17.9 Å². The quantitative estimate of drug-likeness (QED) is 0.779. The Labute approximate surface area is 117 Å². The number of sulfonamides is 1. The molecule has 0 aromatic carbocycles. The Morgan fingerprint density at radius 2 is 2.10 bits per heavy atom. The van der Waals surface area contributed by atoms with Gasteiger partial charge in [-0.05, 0) is 14.0 Å². The molecule has 9 heteroatoms. The standard InChI is InChI=1S/C11H18N6O2S/c1-9-11(8-16(3)14-9)15-20(18,19)10-6-13-17(7-10)5-4-12-2/h6-8,12,15H,4-5H2,1-3H3. The summed E-state index contributed by atoms with van der Waals surface area (Å²) < 4.78 is 30.1. The first-order chi connectivity index (χ1) is 9.42. The second-order valence-electron chi connectivity index (χ2n) is 4.45. The van der Waals surface area contributed by atoms with Crippen LogP contribution in [0.1, 0.15) is 5.69 Å². The van der Waals surface area contributed by atoms with E-state index in [-0.39, 0.29) is 4.90 Å². The lowest BCUT2D eigenvalue weighted by molar-refractivity contribution is 0.582. The van der Waals surface area contributed by atoms with E-state index in [4.69, 9.17) is 0 Å². The molecule has 0 atom stereocenters. The summed E-state index contributed by atoms with van der Waals surface area (Å²) in [6.45, 7) is 3.07. The van der Waals surface area contributed by atoms with Crippen molar-refractivity contribution in [3.63, 3.8) is 0 Å². The van der Waals surface area contributed by atoms with Crippen molar-refractivity contribution in [2.24, 2.45) is 7.05 Å². The molecule has 0 aliphatic rings. The van der Waals surface area contributed by atoms with Crippen molar-refractivity contribution < 1.29 is 8.42 Å². The number of hydrogen-bond acceptors (Lipinski definition) is 5. The number of aromatic nitrogens is 4. The zero-order valence-electron chi connectivity index (χ0n) is 11.7. The monoisotopic (exact) mass is 298 g/mol. The number of likely N-dealkylation sites (N-methyl/N-ethyl adjacent to an activating group) is 1. The third-order valence-corrected chi connectivity index (χ3v) is 4.09. The zero-order valence-corrected chi connectivity index (χ0v) is 12.5. The van der Waals surface area contributed by atoms with Crippen LogP contribution < -0.4 is 10.0 Å².